The van der Waals surface area contributed by atoms with E-state index in [0.29, 0.717) is 11.3 Å². The molecule has 0 radical (unpaired) electrons. The van der Waals surface area contributed by atoms with Gasteiger partial charge in [-0.3, -0.25) is 0 Å². The van der Waals surface area contributed by atoms with Gasteiger partial charge in [0.1, 0.15) is 5.75 Å². The SMILES string of the molecule is COc1cccc(C(=O)OCO)c1. The van der Waals surface area contributed by atoms with Crippen LogP contribution in [0.1, 0.15) is 10.4 Å². The van der Waals surface area contributed by atoms with Crippen molar-refractivity contribution in [2.24, 2.45) is 0 Å². The molecule has 0 atom stereocenters. The maximum Gasteiger partial charge on any atom is 0.340 e. The summed E-state index contributed by atoms with van der Waals surface area (Å²) >= 11 is 0. The molecule has 4 nitrogen and oxygen atoms in total. The average Bonchev–Trinajstić information content (AvgIpc) is 2.18. The van der Waals surface area contributed by atoms with Crippen molar-refractivity contribution in [3.63, 3.8) is 0 Å². The van der Waals surface area contributed by atoms with E-state index in [-0.39, 0.29) is 0 Å². The molecule has 0 aliphatic carbocycles. The van der Waals surface area contributed by atoms with E-state index in [9.17, 15) is 4.79 Å². The fraction of sp³-hybridized carbons (Fsp3) is 0.222. The number of ether oxygens (including phenoxy) is 2. The third-order valence-electron chi connectivity index (χ3n) is 1.50. The van der Waals surface area contributed by atoms with E-state index < -0.39 is 12.8 Å². The van der Waals surface area contributed by atoms with Gasteiger partial charge in [-0.05, 0) is 18.2 Å². The quantitative estimate of drug-likeness (QED) is 0.555. The van der Waals surface area contributed by atoms with Crippen LogP contribution in [-0.2, 0) is 4.74 Å². The standard InChI is InChI=1S/C9H10O4/c1-12-8-4-2-3-7(5-8)9(11)13-6-10/h2-5,10H,6H2,1H3. The first-order chi connectivity index (χ1) is 6.27. The zero-order valence-electron chi connectivity index (χ0n) is 7.19. The van der Waals surface area contributed by atoms with Gasteiger partial charge in [0.2, 0.25) is 0 Å². The van der Waals surface area contributed by atoms with Crippen molar-refractivity contribution in [3.05, 3.63) is 29.8 Å². The molecule has 0 saturated carbocycles. The highest BCUT2D eigenvalue weighted by molar-refractivity contribution is 5.89. The van der Waals surface area contributed by atoms with E-state index in [4.69, 9.17) is 9.84 Å². The lowest BCUT2D eigenvalue weighted by molar-refractivity contribution is 0.00681. The summed E-state index contributed by atoms with van der Waals surface area (Å²) in [5.41, 5.74) is 0.355. The molecule has 4 heteroatoms. The van der Waals surface area contributed by atoms with Crippen LogP contribution in [0.5, 0.6) is 5.75 Å². The second-order valence-electron chi connectivity index (χ2n) is 2.29. The number of hydrogen-bond acceptors (Lipinski definition) is 4. The third kappa shape index (κ3) is 2.45. The highest BCUT2D eigenvalue weighted by Crippen LogP contribution is 2.12. The van der Waals surface area contributed by atoms with Gasteiger partial charge < -0.3 is 14.6 Å². The van der Waals surface area contributed by atoms with Crippen LogP contribution in [0.15, 0.2) is 24.3 Å². The summed E-state index contributed by atoms with van der Waals surface area (Å²) in [6.45, 7) is -0.615. The zero-order chi connectivity index (χ0) is 9.68. The van der Waals surface area contributed by atoms with Gasteiger partial charge in [-0.15, -0.1) is 0 Å². The summed E-state index contributed by atoms with van der Waals surface area (Å²) < 4.78 is 9.30. The largest absolute Gasteiger partial charge is 0.497 e. The Morgan fingerprint density at radius 2 is 2.31 bits per heavy atom. The highest BCUT2D eigenvalue weighted by Gasteiger charge is 2.06. The van der Waals surface area contributed by atoms with Gasteiger partial charge in [0.05, 0.1) is 12.7 Å². The van der Waals surface area contributed by atoms with Crippen molar-refractivity contribution in [2.45, 2.75) is 0 Å². The summed E-state index contributed by atoms with van der Waals surface area (Å²) in [7, 11) is 1.51. The van der Waals surface area contributed by atoms with Crippen LogP contribution in [0.25, 0.3) is 0 Å². The number of carbonyl (C=O) groups is 1. The molecule has 0 aliphatic heterocycles. The van der Waals surface area contributed by atoms with Crippen molar-refractivity contribution in [1.29, 1.82) is 0 Å². The number of hydrogen-bond donors (Lipinski definition) is 1. The van der Waals surface area contributed by atoms with Crippen LogP contribution in [0.3, 0.4) is 0 Å². The van der Waals surface area contributed by atoms with Crippen molar-refractivity contribution < 1.29 is 19.4 Å². The lowest BCUT2D eigenvalue weighted by Gasteiger charge is -2.02. The minimum atomic E-state index is -0.615. The number of methoxy groups -OCH3 is 1. The third-order valence-corrected chi connectivity index (χ3v) is 1.50. The molecule has 1 aromatic carbocycles. The van der Waals surface area contributed by atoms with Crippen LogP contribution >= 0.6 is 0 Å². The van der Waals surface area contributed by atoms with E-state index in [1.807, 2.05) is 0 Å². The molecule has 0 spiro atoms. The summed E-state index contributed by atoms with van der Waals surface area (Å²) in [4.78, 5) is 11.1. The molecule has 1 rings (SSSR count). The summed E-state index contributed by atoms with van der Waals surface area (Å²) in [5, 5.41) is 8.35. The highest BCUT2D eigenvalue weighted by atomic mass is 16.6. The summed E-state index contributed by atoms with van der Waals surface area (Å²) in [6, 6.07) is 6.51. The fourth-order valence-electron chi connectivity index (χ4n) is 0.892. The number of carbonyl (C=O) groups excluding carboxylic acids is 1. The Bertz CT molecular complexity index is 295. The molecule has 0 aromatic heterocycles. The zero-order valence-corrected chi connectivity index (χ0v) is 7.19. The Morgan fingerprint density at radius 1 is 1.54 bits per heavy atom. The van der Waals surface area contributed by atoms with E-state index in [0.717, 1.165) is 0 Å². The molecule has 1 N–H and O–H groups in total. The second kappa shape index (κ2) is 4.47. The van der Waals surface area contributed by atoms with Crippen LogP contribution < -0.4 is 4.74 Å². The summed E-state index contributed by atoms with van der Waals surface area (Å²) in [6.07, 6.45) is 0. The predicted octanol–water partition coefficient (Wildman–Crippen LogP) is 0.802. The average molecular weight is 182 g/mol. The first kappa shape index (κ1) is 9.54. The minimum absolute atomic E-state index is 0.355. The van der Waals surface area contributed by atoms with Gasteiger partial charge in [-0.2, -0.15) is 0 Å². The van der Waals surface area contributed by atoms with Crippen molar-refractivity contribution in [1.82, 2.24) is 0 Å². The topological polar surface area (TPSA) is 55.8 Å². The molecule has 0 aliphatic rings. The lowest BCUT2D eigenvalue weighted by Crippen LogP contribution is -2.05. The fourth-order valence-corrected chi connectivity index (χ4v) is 0.892. The molecule has 0 heterocycles. The molecule has 0 unspecified atom stereocenters. The Labute approximate surface area is 75.7 Å². The molecular formula is C9H10O4. The number of aliphatic hydroxyl groups is 1. The van der Waals surface area contributed by atoms with Gasteiger partial charge in [0.25, 0.3) is 0 Å². The molecule has 0 amide bonds. The number of benzene rings is 1. The number of esters is 1. The normalized spacial score (nSPS) is 9.38. The monoisotopic (exact) mass is 182 g/mol. The van der Waals surface area contributed by atoms with Gasteiger partial charge in [0.15, 0.2) is 6.79 Å². The van der Waals surface area contributed by atoms with Crippen LogP contribution in [0, 0.1) is 0 Å². The van der Waals surface area contributed by atoms with Crippen molar-refractivity contribution in [3.8, 4) is 5.75 Å². The molecule has 1 aromatic rings. The van der Waals surface area contributed by atoms with Crippen LogP contribution in [-0.4, -0.2) is 25.0 Å². The Hall–Kier alpha value is -1.55. The van der Waals surface area contributed by atoms with E-state index in [1.165, 1.54) is 13.2 Å². The van der Waals surface area contributed by atoms with Gasteiger partial charge in [-0.25, -0.2) is 4.79 Å². The van der Waals surface area contributed by atoms with Crippen molar-refractivity contribution in [2.75, 3.05) is 13.9 Å². The molecule has 0 saturated heterocycles. The van der Waals surface area contributed by atoms with E-state index >= 15 is 0 Å². The maximum absolute atomic E-state index is 11.1. The lowest BCUT2D eigenvalue weighted by atomic mass is 10.2. The summed E-state index contributed by atoms with van der Waals surface area (Å²) in [5.74, 6) is 0.00814. The minimum Gasteiger partial charge on any atom is -0.497 e. The molecule has 70 valence electrons. The van der Waals surface area contributed by atoms with Crippen molar-refractivity contribution >= 4 is 5.97 Å². The molecule has 13 heavy (non-hydrogen) atoms. The predicted molar refractivity (Wildman–Crippen MR) is 45.5 cm³/mol. The van der Waals surface area contributed by atoms with Gasteiger partial charge >= 0.3 is 5.97 Å². The maximum atomic E-state index is 11.1. The Balaban J connectivity index is 2.82. The smallest absolute Gasteiger partial charge is 0.340 e. The van der Waals surface area contributed by atoms with E-state index in [1.54, 1.807) is 18.2 Å². The first-order valence-corrected chi connectivity index (χ1v) is 3.70. The second-order valence-corrected chi connectivity index (χ2v) is 2.29. The molecule has 0 fully saturated rings. The number of aliphatic hydroxyl groups excluding tert-OH is 1. The van der Waals surface area contributed by atoms with Crippen LogP contribution in [0.4, 0.5) is 0 Å². The Kier molecular flexibility index (Phi) is 3.28. The first-order valence-electron chi connectivity index (χ1n) is 3.70. The molecule has 0 bridgehead atoms. The Morgan fingerprint density at radius 3 is 2.92 bits per heavy atom. The van der Waals surface area contributed by atoms with Gasteiger partial charge in [-0.1, -0.05) is 6.07 Å². The van der Waals surface area contributed by atoms with E-state index in [2.05, 4.69) is 4.74 Å². The number of rotatable bonds is 3. The van der Waals surface area contributed by atoms with Gasteiger partial charge in [0, 0.05) is 0 Å². The van der Waals surface area contributed by atoms with Crippen LogP contribution in [0.2, 0.25) is 0 Å². The molecular weight excluding hydrogens is 172 g/mol.